The minimum Gasteiger partial charge on any atom is -0.510 e. The van der Waals surface area contributed by atoms with Crippen LogP contribution < -0.4 is 9.47 Å². The lowest BCUT2D eigenvalue weighted by atomic mass is 10.1. The summed E-state index contributed by atoms with van der Waals surface area (Å²) in [7, 11) is 3.22. The van der Waals surface area contributed by atoms with Crippen LogP contribution in [0.2, 0.25) is 5.02 Å². The summed E-state index contributed by atoms with van der Waals surface area (Å²) < 4.78 is 10.6. The molecule has 6 nitrogen and oxygen atoms in total. The Balaban J connectivity index is 1.47. The molecular formula is C23H22ClN3O3S. The first-order valence-corrected chi connectivity index (χ1v) is 10.9. The average molecular weight is 456 g/mol. The maximum atomic E-state index is 10.6. The van der Waals surface area contributed by atoms with E-state index in [9.17, 15) is 5.11 Å². The van der Waals surface area contributed by atoms with E-state index in [0.29, 0.717) is 46.6 Å². The van der Waals surface area contributed by atoms with Crippen molar-refractivity contribution in [3.63, 3.8) is 0 Å². The van der Waals surface area contributed by atoms with Gasteiger partial charge in [0.05, 0.1) is 32.0 Å². The monoisotopic (exact) mass is 455 g/mol. The molecule has 1 aliphatic heterocycles. The van der Waals surface area contributed by atoms with Crippen molar-refractivity contribution in [3.8, 4) is 22.8 Å². The fourth-order valence-corrected chi connectivity index (χ4v) is 4.60. The maximum absolute atomic E-state index is 10.6. The van der Waals surface area contributed by atoms with Crippen LogP contribution in [0.5, 0.6) is 11.5 Å². The van der Waals surface area contributed by atoms with Gasteiger partial charge >= 0.3 is 0 Å². The fraction of sp³-hybridized carbons (Fsp3) is 0.217. The second-order valence-corrected chi connectivity index (χ2v) is 8.37. The number of halogens is 1. The number of ether oxygens (including phenoxy) is 2. The van der Waals surface area contributed by atoms with Gasteiger partial charge < -0.3 is 19.5 Å². The van der Waals surface area contributed by atoms with Crippen LogP contribution in [-0.4, -0.2) is 48.1 Å². The van der Waals surface area contributed by atoms with E-state index in [0.717, 1.165) is 16.8 Å². The molecule has 4 rings (SSSR count). The standard InChI is InChI=1S/C23H22ClN3O3S/c1-29-19-7-6-14(10-20(19)30-2)8-9-27-12-18(28)21(22(27)25)23-26-17(13-31-23)15-4-3-5-16(24)11-15/h3-7,10-11,13,25,28H,8-9,12H2,1-2H3. The molecule has 160 valence electrons. The molecule has 0 amide bonds. The third kappa shape index (κ3) is 4.38. The summed E-state index contributed by atoms with van der Waals surface area (Å²) in [6.45, 7) is 0.891. The summed E-state index contributed by atoms with van der Waals surface area (Å²) in [5.74, 6) is 1.81. The molecule has 0 saturated carbocycles. The Labute approximate surface area is 189 Å². The number of benzene rings is 2. The van der Waals surface area contributed by atoms with E-state index >= 15 is 0 Å². The van der Waals surface area contributed by atoms with Crippen LogP contribution in [0.1, 0.15) is 10.6 Å². The number of aliphatic hydroxyl groups excluding tert-OH is 1. The van der Waals surface area contributed by atoms with Crippen molar-refractivity contribution in [2.24, 2.45) is 0 Å². The first-order chi connectivity index (χ1) is 15.0. The molecule has 0 radical (unpaired) electrons. The molecule has 1 aliphatic rings. The van der Waals surface area contributed by atoms with Crippen LogP contribution in [0, 0.1) is 5.41 Å². The maximum Gasteiger partial charge on any atom is 0.160 e. The van der Waals surface area contributed by atoms with Crippen LogP contribution in [0.15, 0.2) is 53.6 Å². The molecule has 8 heteroatoms. The summed E-state index contributed by atoms with van der Waals surface area (Å²) >= 11 is 7.50. The highest BCUT2D eigenvalue weighted by Gasteiger charge is 2.30. The molecule has 2 aromatic carbocycles. The predicted octanol–water partition coefficient (Wildman–Crippen LogP) is 5.29. The van der Waals surface area contributed by atoms with Crippen molar-refractivity contribution < 1.29 is 14.6 Å². The Kier molecular flexibility index (Phi) is 6.15. The molecule has 31 heavy (non-hydrogen) atoms. The molecule has 1 aromatic heterocycles. The molecule has 3 aromatic rings. The number of methoxy groups -OCH3 is 2. The quantitative estimate of drug-likeness (QED) is 0.506. The molecule has 0 unspecified atom stereocenters. The molecule has 0 spiro atoms. The third-order valence-corrected chi connectivity index (χ3v) is 6.23. The van der Waals surface area contributed by atoms with Gasteiger partial charge in [0.1, 0.15) is 16.6 Å². The second kappa shape index (κ2) is 8.99. The van der Waals surface area contributed by atoms with Gasteiger partial charge in [0.25, 0.3) is 0 Å². The van der Waals surface area contributed by atoms with E-state index < -0.39 is 0 Å². The normalized spacial score (nSPS) is 13.8. The van der Waals surface area contributed by atoms with Crippen LogP contribution >= 0.6 is 22.9 Å². The van der Waals surface area contributed by atoms with Gasteiger partial charge in [0.2, 0.25) is 0 Å². The Morgan fingerprint density at radius 3 is 2.71 bits per heavy atom. The van der Waals surface area contributed by atoms with E-state index in [4.69, 9.17) is 26.5 Å². The lowest BCUT2D eigenvalue weighted by Crippen LogP contribution is -2.28. The van der Waals surface area contributed by atoms with E-state index in [2.05, 4.69) is 4.98 Å². The van der Waals surface area contributed by atoms with Crippen molar-refractivity contribution in [1.82, 2.24) is 9.88 Å². The number of aromatic nitrogens is 1. The van der Waals surface area contributed by atoms with Crippen molar-refractivity contribution in [2.75, 3.05) is 27.3 Å². The Bertz CT molecular complexity index is 1160. The smallest absolute Gasteiger partial charge is 0.160 e. The number of rotatable bonds is 7. The number of nitrogens with one attached hydrogen (secondary N) is 1. The Morgan fingerprint density at radius 1 is 1.16 bits per heavy atom. The second-order valence-electron chi connectivity index (χ2n) is 7.08. The zero-order valence-electron chi connectivity index (χ0n) is 17.2. The summed E-state index contributed by atoms with van der Waals surface area (Å²) in [6, 6.07) is 13.3. The van der Waals surface area contributed by atoms with E-state index in [1.54, 1.807) is 14.2 Å². The third-order valence-electron chi connectivity index (χ3n) is 5.14. The van der Waals surface area contributed by atoms with Crippen molar-refractivity contribution in [1.29, 1.82) is 5.41 Å². The first-order valence-electron chi connectivity index (χ1n) is 9.69. The van der Waals surface area contributed by atoms with Gasteiger partial charge in [-0.25, -0.2) is 4.98 Å². The summed E-state index contributed by atoms with van der Waals surface area (Å²) in [6.07, 6.45) is 0.703. The summed E-state index contributed by atoms with van der Waals surface area (Å²) in [5, 5.41) is 22.3. The molecular weight excluding hydrogens is 434 g/mol. The minimum atomic E-state index is 0.171. The number of nitrogens with zero attached hydrogens (tertiary/aromatic N) is 2. The van der Waals surface area contributed by atoms with E-state index in [1.165, 1.54) is 11.3 Å². The van der Waals surface area contributed by atoms with Gasteiger partial charge in [-0.05, 0) is 36.2 Å². The highest BCUT2D eigenvalue weighted by Crippen LogP contribution is 2.33. The number of thiazole rings is 1. The zero-order chi connectivity index (χ0) is 22.0. The molecule has 0 fully saturated rings. The molecule has 0 atom stereocenters. The van der Waals surface area contributed by atoms with Crippen LogP contribution in [0.4, 0.5) is 0 Å². The topological polar surface area (TPSA) is 78.7 Å². The van der Waals surface area contributed by atoms with Gasteiger partial charge in [0, 0.05) is 22.5 Å². The molecule has 0 aliphatic carbocycles. The summed E-state index contributed by atoms with van der Waals surface area (Å²) in [4.78, 5) is 6.49. The van der Waals surface area contributed by atoms with Gasteiger partial charge in [0.15, 0.2) is 11.5 Å². The van der Waals surface area contributed by atoms with Gasteiger partial charge in [-0.2, -0.15) is 0 Å². The lowest BCUT2D eigenvalue weighted by Gasteiger charge is -2.18. The Hall–Kier alpha value is -3.03. The molecule has 2 N–H and O–H groups in total. The van der Waals surface area contributed by atoms with Crippen molar-refractivity contribution in [3.05, 3.63) is 69.2 Å². The van der Waals surface area contributed by atoms with Gasteiger partial charge in [-0.15, -0.1) is 11.3 Å². The number of aliphatic hydroxyl groups is 1. The molecule has 2 heterocycles. The molecule has 0 saturated heterocycles. The van der Waals surface area contributed by atoms with Crippen molar-refractivity contribution in [2.45, 2.75) is 6.42 Å². The van der Waals surface area contributed by atoms with E-state index in [1.807, 2.05) is 52.7 Å². The van der Waals surface area contributed by atoms with Crippen molar-refractivity contribution >= 4 is 34.3 Å². The SMILES string of the molecule is COc1ccc(CCN2CC(O)=C(c3nc(-c4cccc(Cl)c4)cs3)C2=N)cc1OC. The van der Waals surface area contributed by atoms with Gasteiger partial charge in [-0.1, -0.05) is 29.8 Å². The molecule has 0 bridgehead atoms. The average Bonchev–Trinajstić information content (AvgIpc) is 3.36. The summed E-state index contributed by atoms with van der Waals surface area (Å²) in [5.41, 5.74) is 3.24. The van der Waals surface area contributed by atoms with Crippen LogP contribution in [-0.2, 0) is 6.42 Å². The lowest BCUT2D eigenvalue weighted by molar-refractivity contribution is 0.349. The highest BCUT2D eigenvalue weighted by molar-refractivity contribution is 7.11. The first kappa shape index (κ1) is 21.2. The van der Waals surface area contributed by atoms with Crippen LogP contribution in [0.25, 0.3) is 16.8 Å². The van der Waals surface area contributed by atoms with Crippen LogP contribution in [0.3, 0.4) is 0 Å². The number of hydrogen-bond donors (Lipinski definition) is 2. The predicted molar refractivity (Wildman–Crippen MR) is 125 cm³/mol. The zero-order valence-corrected chi connectivity index (χ0v) is 18.8. The number of hydrogen-bond acceptors (Lipinski definition) is 6. The Morgan fingerprint density at radius 2 is 1.97 bits per heavy atom. The number of amidine groups is 1. The van der Waals surface area contributed by atoms with E-state index in [-0.39, 0.29) is 11.6 Å². The largest absolute Gasteiger partial charge is 0.510 e. The fourth-order valence-electron chi connectivity index (χ4n) is 3.52. The minimum absolute atomic E-state index is 0.171. The van der Waals surface area contributed by atoms with Gasteiger partial charge in [-0.3, -0.25) is 5.41 Å². The highest BCUT2D eigenvalue weighted by atomic mass is 35.5.